The molecule has 2 N–H and O–H groups in total. The minimum absolute atomic E-state index is 0.239. The van der Waals surface area contributed by atoms with Crippen LogP contribution in [0.2, 0.25) is 0 Å². The van der Waals surface area contributed by atoms with E-state index in [1.807, 2.05) is 0 Å². The van der Waals surface area contributed by atoms with Gasteiger partial charge in [0, 0.05) is 11.6 Å². The summed E-state index contributed by atoms with van der Waals surface area (Å²) >= 11 is 0. The number of likely N-dealkylation sites (tertiary alicyclic amines) is 1. The fraction of sp³-hybridized carbons (Fsp3) is 1.00. The predicted octanol–water partition coefficient (Wildman–Crippen LogP) is 3.55. The standard InChI is InChI=1S/C16H32N2/c1-3-16(2,18-11-7-4-8-12-18)15(17)13-14-9-5-6-10-14/h14-15H,3-13,17H2,1-2H3. The largest absolute Gasteiger partial charge is 0.326 e. The van der Waals surface area contributed by atoms with Gasteiger partial charge in [0.05, 0.1) is 0 Å². The number of nitrogens with two attached hydrogens (primary N) is 1. The molecule has 0 amide bonds. The number of hydrogen-bond donors (Lipinski definition) is 1. The SMILES string of the molecule is CCC(C)(C(N)CC1CCCC1)N1CCCCC1. The van der Waals surface area contributed by atoms with Crippen LogP contribution in [-0.2, 0) is 0 Å². The maximum atomic E-state index is 6.63. The van der Waals surface area contributed by atoms with E-state index in [1.54, 1.807) is 0 Å². The summed E-state index contributed by atoms with van der Waals surface area (Å²) in [5, 5.41) is 0. The van der Waals surface area contributed by atoms with Crippen molar-refractivity contribution in [2.24, 2.45) is 11.7 Å². The zero-order chi connectivity index (χ0) is 13.0. The first kappa shape index (κ1) is 14.3. The van der Waals surface area contributed by atoms with Gasteiger partial charge in [-0.1, -0.05) is 39.0 Å². The Labute approximate surface area is 113 Å². The van der Waals surface area contributed by atoms with Crippen molar-refractivity contribution in [2.75, 3.05) is 13.1 Å². The second-order valence-corrected chi connectivity index (χ2v) is 6.75. The minimum atomic E-state index is 0.239. The third-order valence-electron chi connectivity index (χ3n) is 5.66. The Morgan fingerprint density at radius 1 is 1.11 bits per heavy atom. The van der Waals surface area contributed by atoms with Crippen LogP contribution in [0.1, 0.15) is 71.6 Å². The summed E-state index contributed by atoms with van der Waals surface area (Å²) in [4.78, 5) is 2.69. The molecule has 18 heavy (non-hydrogen) atoms. The molecule has 2 atom stereocenters. The van der Waals surface area contributed by atoms with Crippen LogP contribution in [0.4, 0.5) is 0 Å². The van der Waals surface area contributed by atoms with Crippen molar-refractivity contribution in [3.63, 3.8) is 0 Å². The highest BCUT2D eigenvalue weighted by Gasteiger charge is 2.37. The molecular formula is C16H32N2. The molecule has 0 aromatic heterocycles. The maximum Gasteiger partial charge on any atom is 0.0329 e. The summed E-state index contributed by atoms with van der Waals surface area (Å²) in [5.41, 5.74) is 6.87. The molecular weight excluding hydrogens is 220 g/mol. The van der Waals surface area contributed by atoms with Gasteiger partial charge in [-0.05, 0) is 51.6 Å². The number of hydrogen-bond acceptors (Lipinski definition) is 2. The van der Waals surface area contributed by atoms with Gasteiger partial charge in [-0.25, -0.2) is 0 Å². The monoisotopic (exact) mass is 252 g/mol. The minimum Gasteiger partial charge on any atom is -0.326 e. The molecule has 1 saturated carbocycles. The second-order valence-electron chi connectivity index (χ2n) is 6.75. The molecule has 2 heteroatoms. The van der Waals surface area contributed by atoms with E-state index in [1.165, 1.54) is 70.9 Å². The van der Waals surface area contributed by atoms with E-state index in [2.05, 4.69) is 18.7 Å². The molecule has 1 heterocycles. The van der Waals surface area contributed by atoms with E-state index >= 15 is 0 Å². The van der Waals surface area contributed by atoms with Gasteiger partial charge in [0.25, 0.3) is 0 Å². The summed E-state index contributed by atoms with van der Waals surface area (Å²) in [6.45, 7) is 7.27. The van der Waals surface area contributed by atoms with Gasteiger partial charge in [-0.15, -0.1) is 0 Å². The number of nitrogens with zero attached hydrogens (tertiary/aromatic N) is 1. The molecule has 1 aliphatic carbocycles. The molecule has 2 fully saturated rings. The summed E-state index contributed by atoms with van der Waals surface area (Å²) in [5.74, 6) is 0.913. The molecule has 2 aliphatic rings. The lowest BCUT2D eigenvalue weighted by Gasteiger charge is -2.47. The Balaban J connectivity index is 1.95. The van der Waals surface area contributed by atoms with Crippen molar-refractivity contribution in [3.05, 3.63) is 0 Å². The second kappa shape index (κ2) is 6.38. The van der Waals surface area contributed by atoms with Crippen LogP contribution in [0, 0.1) is 5.92 Å². The van der Waals surface area contributed by atoms with E-state index in [9.17, 15) is 0 Å². The van der Waals surface area contributed by atoms with Crippen LogP contribution in [0.25, 0.3) is 0 Å². The van der Waals surface area contributed by atoms with E-state index in [0.29, 0.717) is 6.04 Å². The lowest BCUT2D eigenvalue weighted by atomic mass is 9.81. The van der Waals surface area contributed by atoms with Gasteiger partial charge in [-0.2, -0.15) is 0 Å². The van der Waals surface area contributed by atoms with Crippen molar-refractivity contribution in [2.45, 2.75) is 83.2 Å². The van der Waals surface area contributed by atoms with Crippen LogP contribution < -0.4 is 5.73 Å². The van der Waals surface area contributed by atoms with Crippen molar-refractivity contribution >= 4 is 0 Å². The maximum absolute atomic E-state index is 6.63. The van der Waals surface area contributed by atoms with Crippen molar-refractivity contribution in [1.82, 2.24) is 4.90 Å². The van der Waals surface area contributed by atoms with E-state index < -0.39 is 0 Å². The summed E-state index contributed by atoms with van der Waals surface area (Å²) in [6.07, 6.45) is 12.3. The van der Waals surface area contributed by atoms with E-state index in [0.717, 1.165) is 5.92 Å². The highest BCUT2D eigenvalue weighted by Crippen LogP contribution is 2.34. The van der Waals surface area contributed by atoms with Gasteiger partial charge in [0.1, 0.15) is 0 Å². The number of piperidine rings is 1. The highest BCUT2D eigenvalue weighted by molar-refractivity contribution is 4.96. The third-order valence-corrected chi connectivity index (χ3v) is 5.66. The first-order valence-electron chi connectivity index (χ1n) is 8.17. The van der Waals surface area contributed by atoms with Gasteiger partial charge >= 0.3 is 0 Å². The number of rotatable bonds is 5. The zero-order valence-corrected chi connectivity index (χ0v) is 12.5. The molecule has 0 aromatic carbocycles. The fourth-order valence-corrected chi connectivity index (χ4v) is 3.98. The zero-order valence-electron chi connectivity index (χ0n) is 12.5. The first-order valence-corrected chi connectivity index (χ1v) is 8.17. The predicted molar refractivity (Wildman–Crippen MR) is 78.7 cm³/mol. The lowest BCUT2D eigenvalue weighted by Crippen LogP contribution is -2.59. The van der Waals surface area contributed by atoms with Gasteiger partial charge in [0.15, 0.2) is 0 Å². The van der Waals surface area contributed by atoms with Crippen LogP contribution in [0.3, 0.4) is 0 Å². The first-order chi connectivity index (χ1) is 8.66. The molecule has 0 radical (unpaired) electrons. The lowest BCUT2D eigenvalue weighted by molar-refractivity contribution is 0.0475. The molecule has 2 rings (SSSR count). The quantitative estimate of drug-likeness (QED) is 0.811. The Bertz CT molecular complexity index is 241. The van der Waals surface area contributed by atoms with Crippen LogP contribution >= 0.6 is 0 Å². The normalized spacial score (nSPS) is 28.2. The van der Waals surface area contributed by atoms with E-state index in [-0.39, 0.29) is 5.54 Å². The average molecular weight is 252 g/mol. The molecule has 2 nitrogen and oxygen atoms in total. The summed E-state index contributed by atoms with van der Waals surface area (Å²) in [6, 6.07) is 0.365. The molecule has 106 valence electrons. The molecule has 1 aliphatic heterocycles. The highest BCUT2D eigenvalue weighted by atomic mass is 15.2. The van der Waals surface area contributed by atoms with Gasteiger partial charge in [-0.3, -0.25) is 4.90 Å². The van der Waals surface area contributed by atoms with Gasteiger partial charge < -0.3 is 5.73 Å². The van der Waals surface area contributed by atoms with Gasteiger partial charge in [0.2, 0.25) is 0 Å². The molecule has 0 bridgehead atoms. The van der Waals surface area contributed by atoms with E-state index in [4.69, 9.17) is 5.73 Å². The Kier molecular flexibility index (Phi) is 5.08. The van der Waals surface area contributed by atoms with Crippen molar-refractivity contribution < 1.29 is 0 Å². The molecule has 1 saturated heterocycles. The Morgan fingerprint density at radius 3 is 2.28 bits per heavy atom. The topological polar surface area (TPSA) is 29.3 Å². The van der Waals surface area contributed by atoms with Crippen LogP contribution in [0.5, 0.6) is 0 Å². The Morgan fingerprint density at radius 2 is 1.72 bits per heavy atom. The fourth-order valence-electron chi connectivity index (χ4n) is 3.98. The summed E-state index contributed by atoms with van der Waals surface area (Å²) < 4.78 is 0. The molecule has 2 unspecified atom stereocenters. The molecule has 0 spiro atoms. The van der Waals surface area contributed by atoms with Crippen molar-refractivity contribution in [3.8, 4) is 0 Å². The Hall–Kier alpha value is -0.0800. The van der Waals surface area contributed by atoms with Crippen LogP contribution in [0.15, 0.2) is 0 Å². The smallest absolute Gasteiger partial charge is 0.0329 e. The third kappa shape index (κ3) is 3.08. The average Bonchev–Trinajstić information content (AvgIpc) is 2.91. The van der Waals surface area contributed by atoms with Crippen molar-refractivity contribution in [1.29, 1.82) is 0 Å². The van der Waals surface area contributed by atoms with Crippen LogP contribution in [-0.4, -0.2) is 29.6 Å². The summed E-state index contributed by atoms with van der Waals surface area (Å²) in [7, 11) is 0. The molecule has 0 aromatic rings.